The molecule has 1 saturated heterocycles. The summed E-state index contributed by atoms with van der Waals surface area (Å²) in [6, 6.07) is 5.30. The number of benzene rings is 1. The normalized spacial score (nSPS) is 20.0. The molecule has 1 aromatic rings. The van der Waals surface area contributed by atoms with Gasteiger partial charge in [0.15, 0.2) is 0 Å². The zero-order valence-electron chi connectivity index (χ0n) is 10.8. The van der Waals surface area contributed by atoms with Crippen LogP contribution in [0.15, 0.2) is 18.2 Å². The molecule has 3 nitrogen and oxygen atoms in total. The molecule has 100 valence electrons. The van der Waals surface area contributed by atoms with Crippen molar-refractivity contribution in [1.29, 1.82) is 0 Å². The van der Waals surface area contributed by atoms with Crippen molar-refractivity contribution >= 4 is 0 Å². The Morgan fingerprint density at radius 3 is 3.11 bits per heavy atom. The summed E-state index contributed by atoms with van der Waals surface area (Å²) in [5, 5.41) is 6.68. The predicted molar refractivity (Wildman–Crippen MR) is 70.3 cm³/mol. The minimum absolute atomic E-state index is 0.131. The van der Waals surface area contributed by atoms with Crippen molar-refractivity contribution < 1.29 is 9.13 Å². The van der Waals surface area contributed by atoms with Gasteiger partial charge in [-0.1, -0.05) is 12.1 Å². The number of halogens is 1. The highest BCUT2D eigenvalue weighted by molar-refractivity contribution is 5.24. The topological polar surface area (TPSA) is 33.3 Å². The summed E-state index contributed by atoms with van der Waals surface area (Å²) < 4.78 is 18.7. The molecule has 4 heteroatoms. The first-order chi connectivity index (χ1) is 8.75. The van der Waals surface area contributed by atoms with Gasteiger partial charge in [0, 0.05) is 19.6 Å². The monoisotopic (exact) mass is 252 g/mol. The first kappa shape index (κ1) is 13.5. The molecule has 1 unspecified atom stereocenters. The van der Waals surface area contributed by atoms with Gasteiger partial charge in [0.2, 0.25) is 0 Å². The van der Waals surface area contributed by atoms with Gasteiger partial charge in [-0.25, -0.2) is 4.39 Å². The molecular formula is C14H21FN2O. The average molecular weight is 252 g/mol. The smallest absolute Gasteiger partial charge is 0.126 e. The van der Waals surface area contributed by atoms with E-state index in [9.17, 15) is 4.39 Å². The molecule has 0 amide bonds. The van der Waals surface area contributed by atoms with Gasteiger partial charge in [0.05, 0.1) is 12.7 Å². The Labute approximate surface area is 108 Å². The van der Waals surface area contributed by atoms with Gasteiger partial charge in [-0.2, -0.15) is 0 Å². The number of hydrogen-bond acceptors (Lipinski definition) is 3. The molecule has 1 atom stereocenters. The highest BCUT2D eigenvalue weighted by Gasteiger charge is 2.11. The molecule has 1 fully saturated rings. The third kappa shape index (κ3) is 4.05. The van der Waals surface area contributed by atoms with E-state index < -0.39 is 0 Å². The first-order valence-corrected chi connectivity index (χ1v) is 6.54. The fourth-order valence-corrected chi connectivity index (χ4v) is 2.11. The Bertz CT molecular complexity index is 378. The fraction of sp³-hybridized carbons (Fsp3) is 0.571. The third-order valence-electron chi connectivity index (χ3n) is 3.19. The molecule has 1 heterocycles. The summed E-state index contributed by atoms with van der Waals surface area (Å²) in [7, 11) is 0. The summed E-state index contributed by atoms with van der Waals surface area (Å²) in [5.74, 6) is -0.131. The fourth-order valence-electron chi connectivity index (χ4n) is 2.11. The molecule has 0 saturated carbocycles. The van der Waals surface area contributed by atoms with Crippen LogP contribution in [-0.2, 0) is 11.2 Å². The summed E-state index contributed by atoms with van der Waals surface area (Å²) >= 11 is 0. The summed E-state index contributed by atoms with van der Waals surface area (Å²) in [6.45, 7) is 6.23. The maximum absolute atomic E-state index is 13.1. The first-order valence-electron chi connectivity index (χ1n) is 6.54. The third-order valence-corrected chi connectivity index (χ3v) is 3.19. The molecule has 1 aliphatic rings. The van der Waals surface area contributed by atoms with E-state index in [1.165, 1.54) is 5.56 Å². The number of rotatable bonds is 5. The van der Waals surface area contributed by atoms with Gasteiger partial charge >= 0.3 is 0 Å². The maximum Gasteiger partial charge on any atom is 0.126 e. The summed E-state index contributed by atoms with van der Waals surface area (Å²) in [4.78, 5) is 0. The van der Waals surface area contributed by atoms with Crippen molar-refractivity contribution in [3.63, 3.8) is 0 Å². The second-order valence-electron chi connectivity index (χ2n) is 4.73. The Kier molecular flexibility index (Phi) is 5.11. The Morgan fingerprint density at radius 1 is 1.50 bits per heavy atom. The van der Waals surface area contributed by atoms with E-state index in [0.717, 1.165) is 39.2 Å². The zero-order valence-corrected chi connectivity index (χ0v) is 10.8. The SMILES string of the molecule is Cc1cc(CCNCC2CNCCO2)ccc1F. The van der Waals surface area contributed by atoms with E-state index in [0.29, 0.717) is 5.56 Å². The van der Waals surface area contributed by atoms with Crippen LogP contribution in [-0.4, -0.2) is 38.9 Å². The van der Waals surface area contributed by atoms with Crippen LogP contribution in [0.25, 0.3) is 0 Å². The van der Waals surface area contributed by atoms with Crippen molar-refractivity contribution in [2.24, 2.45) is 0 Å². The van der Waals surface area contributed by atoms with Gasteiger partial charge in [0.25, 0.3) is 0 Å². The van der Waals surface area contributed by atoms with Crippen LogP contribution in [0.4, 0.5) is 4.39 Å². The van der Waals surface area contributed by atoms with Crippen LogP contribution in [0.3, 0.4) is 0 Å². The van der Waals surface area contributed by atoms with Crippen LogP contribution in [0.1, 0.15) is 11.1 Å². The Morgan fingerprint density at radius 2 is 2.39 bits per heavy atom. The van der Waals surface area contributed by atoms with E-state index in [-0.39, 0.29) is 11.9 Å². The Hall–Kier alpha value is -0.970. The largest absolute Gasteiger partial charge is 0.374 e. The lowest BCUT2D eigenvalue weighted by Crippen LogP contribution is -2.44. The van der Waals surface area contributed by atoms with Crippen molar-refractivity contribution in [2.45, 2.75) is 19.4 Å². The highest BCUT2D eigenvalue weighted by Crippen LogP contribution is 2.09. The summed E-state index contributed by atoms with van der Waals surface area (Å²) in [6.07, 6.45) is 1.19. The Balaban J connectivity index is 1.66. The second kappa shape index (κ2) is 6.83. The lowest BCUT2D eigenvalue weighted by molar-refractivity contribution is 0.0294. The number of nitrogens with one attached hydrogen (secondary N) is 2. The van der Waals surface area contributed by atoms with Crippen LogP contribution in [0.5, 0.6) is 0 Å². The molecule has 0 spiro atoms. The van der Waals surface area contributed by atoms with Gasteiger partial charge in [-0.15, -0.1) is 0 Å². The molecule has 0 aliphatic carbocycles. The van der Waals surface area contributed by atoms with Gasteiger partial charge in [-0.3, -0.25) is 0 Å². The lowest BCUT2D eigenvalue weighted by atomic mass is 10.1. The quantitative estimate of drug-likeness (QED) is 0.774. The van der Waals surface area contributed by atoms with Crippen molar-refractivity contribution in [1.82, 2.24) is 10.6 Å². The summed E-state index contributed by atoms with van der Waals surface area (Å²) in [5.41, 5.74) is 1.89. The second-order valence-corrected chi connectivity index (χ2v) is 4.73. The number of ether oxygens (including phenoxy) is 1. The van der Waals surface area contributed by atoms with Crippen LogP contribution in [0, 0.1) is 12.7 Å². The molecular weight excluding hydrogens is 231 g/mol. The standard InChI is InChI=1S/C14H21FN2O/c1-11-8-12(2-3-14(11)15)4-5-16-9-13-10-17-6-7-18-13/h2-3,8,13,16-17H,4-7,9-10H2,1H3. The minimum atomic E-state index is -0.131. The average Bonchev–Trinajstić information content (AvgIpc) is 2.40. The molecule has 18 heavy (non-hydrogen) atoms. The van der Waals surface area contributed by atoms with Gasteiger partial charge < -0.3 is 15.4 Å². The number of aryl methyl sites for hydroxylation is 1. The van der Waals surface area contributed by atoms with Crippen LogP contribution < -0.4 is 10.6 Å². The van der Waals surface area contributed by atoms with Crippen LogP contribution >= 0.6 is 0 Å². The molecule has 0 bridgehead atoms. The van der Waals surface area contributed by atoms with Crippen molar-refractivity contribution in [3.8, 4) is 0 Å². The lowest BCUT2D eigenvalue weighted by Gasteiger charge is -2.23. The van der Waals surface area contributed by atoms with E-state index >= 15 is 0 Å². The van der Waals surface area contributed by atoms with Gasteiger partial charge in [-0.05, 0) is 37.1 Å². The highest BCUT2D eigenvalue weighted by atomic mass is 19.1. The molecule has 2 rings (SSSR count). The van der Waals surface area contributed by atoms with Crippen LogP contribution in [0.2, 0.25) is 0 Å². The van der Waals surface area contributed by atoms with Gasteiger partial charge in [0.1, 0.15) is 5.82 Å². The number of hydrogen-bond donors (Lipinski definition) is 2. The minimum Gasteiger partial charge on any atom is -0.374 e. The van der Waals surface area contributed by atoms with Crippen molar-refractivity contribution in [2.75, 3.05) is 32.8 Å². The molecule has 1 aliphatic heterocycles. The van der Waals surface area contributed by atoms with E-state index in [1.807, 2.05) is 12.1 Å². The maximum atomic E-state index is 13.1. The van der Waals surface area contributed by atoms with Crippen molar-refractivity contribution in [3.05, 3.63) is 35.1 Å². The molecule has 0 aromatic heterocycles. The zero-order chi connectivity index (χ0) is 12.8. The molecule has 2 N–H and O–H groups in total. The van der Waals surface area contributed by atoms with E-state index in [2.05, 4.69) is 10.6 Å². The number of morpholine rings is 1. The molecule has 0 radical (unpaired) electrons. The predicted octanol–water partition coefficient (Wildman–Crippen LogP) is 1.25. The van der Waals surface area contributed by atoms with E-state index in [4.69, 9.17) is 4.74 Å². The van der Waals surface area contributed by atoms with E-state index in [1.54, 1.807) is 13.0 Å². The molecule has 1 aromatic carbocycles.